The molecule has 2 aliphatic rings. The number of carbonyl (C=O) groups is 1. The van der Waals surface area contributed by atoms with Gasteiger partial charge in [0.1, 0.15) is 16.5 Å². The second kappa shape index (κ2) is 7.18. The Morgan fingerprint density at radius 3 is 3.03 bits per heavy atom. The maximum atomic E-state index is 15.6. The molecule has 8 heteroatoms. The van der Waals surface area contributed by atoms with Crippen molar-refractivity contribution in [2.45, 2.75) is 37.6 Å². The van der Waals surface area contributed by atoms with Crippen molar-refractivity contribution in [2.75, 3.05) is 10.4 Å². The van der Waals surface area contributed by atoms with E-state index in [1.807, 2.05) is 6.07 Å². The average molecular weight is 412 g/mol. The van der Waals surface area contributed by atoms with Crippen molar-refractivity contribution in [3.05, 3.63) is 59.1 Å². The number of nitrogens with zero attached hydrogens (tertiary/aromatic N) is 3. The minimum atomic E-state index is -0.554. The molecule has 1 saturated carbocycles. The van der Waals surface area contributed by atoms with Gasteiger partial charge in [-0.1, -0.05) is 17.0 Å². The highest BCUT2D eigenvalue weighted by Crippen LogP contribution is 2.43. The molecule has 1 aliphatic carbocycles. The highest BCUT2D eigenvalue weighted by Gasteiger charge is 2.32. The van der Waals surface area contributed by atoms with Crippen molar-refractivity contribution in [1.29, 1.82) is 0 Å². The average Bonchev–Trinajstić information content (AvgIpc) is 3.23. The van der Waals surface area contributed by atoms with Gasteiger partial charge in [-0.2, -0.15) is 0 Å². The molecular formula is C21H18F2N4OS. The zero-order valence-corrected chi connectivity index (χ0v) is 16.3. The van der Waals surface area contributed by atoms with E-state index in [4.69, 9.17) is 0 Å². The number of aromatic nitrogens is 2. The van der Waals surface area contributed by atoms with E-state index >= 15 is 4.48 Å². The zero-order chi connectivity index (χ0) is 20.0. The Morgan fingerprint density at radius 1 is 1.24 bits per heavy atom. The van der Waals surface area contributed by atoms with E-state index in [0.29, 0.717) is 23.7 Å². The van der Waals surface area contributed by atoms with Crippen LogP contribution >= 0.6 is 11.3 Å². The van der Waals surface area contributed by atoms with Gasteiger partial charge in [-0.05, 0) is 48.9 Å². The molecule has 1 aliphatic heterocycles. The number of amides is 1. The molecular weight excluding hydrogens is 394 g/mol. The molecule has 148 valence electrons. The van der Waals surface area contributed by atoms with Crippen LogP contribution in [0.2, 0.25) is 0 Å². The molecule has 2 atom stereocenters. The number of anilines is 2. The van der Waals surface area contributed by atoms with Gasteiger partial charge in [0, 0.05) is 11.6 Å². The van der Waals surface area contributed by atoms with Crippen LogP contribution < -0.4 is 10.4 Å². The minimum absolute atomic E-state index is 0.0770. The SMILES string of the molecule is O=C1Nc2cnccc2[C@@H]2CCC[C@@H](C2)N(F)c2cccc(F)c2-c2nc1cs2. The van der Waals surface area contributed by atoms with E-state index in [-0.39, 0.29) is 39.8 Å². The largest absolute Gasteiger partial charge is 0.319 e. The van der Waals surface area contributed by atoms with Crippen LogP contribution in [-0.4, -0.2) is 21.9 Å². The zero-order valence-electron chi connectivity index (χ0n) is 15.4. The lowest BCUT2D eigenvalue weighted by Crippen LogP contribution is -2.33. The van der Waals surface area contributed by atoms with Crippen LogP contribution in [0.25, 0.3) is 10.6 Å². The first kappa shape index (κ1) is 18.2. The van der Waals surface area contributed by atoms with E-state index in [0.717, 1.165) is 29.7 Å². The normalized spacial score (nSPS) is 21.2. The summed E-state index contributed by atoms with van der Waals surface area (Å²) in [5.74, 6) is -0.863. The molecule has 29 heavy (non-hydrogen) atoms. The van der Waals surface area contributed by atoms with Gasteiger partial charge >= 0.3 is 0 Å². The molecule has 1 amide bonds. The minimum Gasteiger partial charge on any atom is -0.319 e. The fourth-order valence-electron chi connectivity index (χ4n) is 4.30. The van der Waals surface area contributed by atoms with Gasteiger partial charge in [0.15, 0.2) is 0 Å². The predicted octanol–water partition coefficient (Wildman–Crippen LogP) is 5.33. The Balaban J connectivity index is 1.69. The third-order valence-corrected chi connectivity index (χ3v) is 6.54. The van der Waals surface area contributed by atoms with Crippen molar-refractivity contribution < 1.29 is 13.7 Å². The summed E-state index contributed by atoms with van der Waals surface area (Å²) in [5, 5.41) is 5.43. The second-order valence-electron chi connectivity index (χ2n) is 7.42. The van der Waals surface area contributed by atoms with Crippen LogP contribution in [0.1, 0.15) is 47.7 Å². The lowest BCUT2D eigenvalue weighted by Gasteiger charge is -2.34. The smallest absolute Gasteiger partial charge is 0.275 e. The van der Waals surface area contributed by atoms with E-state index < -0.39 is 5.82 Å². The number of hydrogen-bond donors (Lipinski definition) is 1. The molecule has 0 spiro atoms. The summed E-state index contributed by atoms with van der Waals surface area (Å²) in [6.07, 6.45) is 6.29. The van der Waals surface area contributed by atoms with Crippen molar-refractivity contribution in [3.63, 3.8) is 0 Å². The van der Waals surface area contributed by atoms with Crippen molar-refractivity contribution >= 4 is 28.6 Å². The van der Waals surface area contributed by atoms with Gasteiger partial charge in [-0.25, -0.2) is 14.5 Å². The Labute approximate surface area is 170 Å². The fraction of sp³-hybridized carbons (Fsp3) is 0.286. The fourth-order valence-corrected chi connectivity index (χ4v) is 5.15. The molecule has 0 radical (unpaired) electrons. The maximum Gasteiger partial charge on any atom is 0.275 e. The van der Waals surface area contributed by atoms with Crippen molar-refractivity contribution in [3.8, 4) is 10.6 Å². The predicted molar refractivity (Wildman–Crippen MR) is 108 cm³/mol. The number of thiazole rings is 1. The van der Waals surface area contributed by atoms with Crippen molar-refractivity contribution in [1.82, 2.24) is 9.97 Å². The first-order chi connectivity index (χ1) is 14.1. The Hall–Kier alpha value is -2.87. The first-order valence-electron chi connectivity index (χ1n) is 9.56. The number of hydrogen-bond acceptors (Lipinski definition) is 5. The summed E-state index contributed by atoms with van der Waals surface area (Å²) in [5.41, 5.74) is 1.99. The van der Waals surface area contributed by atoms with Gasteiger partial charge in [0.2, 0.25) is 0 Å². The molecule has 2 aromatic heterocycles. The molecule has 5 nitrogen and oxygen atoms in total. The summed E-state index contributed by atoms with van der Waals surface area (Å²) in [4.78, 5) is 21.2. The van der Waals surface area contributed by atoms with Crippen LogP contribution in [0, 0.1) is 5.82 Å². The van der Waals surface area contributed by atoms with Crippen molar-refractivity contribution in [2.24, 2.45) is 0 Å². The standard InChI is InChI=1S/C21H18F2N4OS/c22-15-5-2-6-18-19(15)21-26-17(11-29-21)20(28)25-16-10-24-8-7-14(16)12-3-1-4-13(9-12)27(18)23/h2,5-8,10-13H,1,3-4,9H2,(H,25,28)/t12-,13+/m1/s1. The number of benzene rings is 1. The molecule has 5 rings (SSSR count). The van der Waals surface area contributed by atoms with Gasteiger partial charge in [0.05, 0.1) is 29.2 Å². The molecule has 3 heterocycles. The van der Waals surface area contributed by atoms with Gasteiger partial charge in [0.25, 0.3) is 5.91 Å². The van der Waals surface area contributed by atoms with E-state index in [1.54, 1.807) is 23.8 Å². The molecule has 0 unspecified atom stereocenters. The highest BCUT2D eigenvalue weighted by atomic mass is 32.1. The van der Waals surface area contributed by atoms with Crippen LogP contribution in [-0.2, 0) is 0 Å². The maximum absolute atomic E-state index is 15.6. The van der Waals surface area contributed by atoms with Crippen LogP contribution in [0.3, 0.4) is 0 Å². The van der Waals surface area contributed by atoms with Crippen LogP contribution in [0.4, 0.5) is 20.2 Å². The third kappa shape index (κ3) is 3.17. The van der Waals surface area contributed by atoms with Gasteiger partial charge in [-0.3, -0.25) is 9.78 Å². The summed E-state index contributed by atoms with van der Waals surface area (Å²) < 4.78 is 30.3. The Morgan fingerprint density at radius 2 is 2.14 bits per heavy atom. The highest BCUT2D eigenvalue weighted by molar-refractivity contribution is 7.13. The van der Waals surface area contributed by atoms with Gasteiger partial charge < -0.3 is 5.32 Å². The van der Waals surface area contributed by atoms with Crippen LogP contribution in [0.5, 0.6) is 0 Å². The number of halogens is 2. The molecule has 1 aromatic carbocycles. The molecule has 1 fully saturated rings. The number of fused-ring (bicyclic) bond motifs is 8. The van der Waals surface area contributed by atoms with Crippen LogP contribution in [0.15, 0.2) is 42.0 Å². The topological polar surface area (TPSA) is 58.1 Å². The molecule has 4 bridgehead atoms. The second-order valence-corrected chi connectivity index (χ2v) is 8.28. The number of pyridine rings is 1. The molecule has 0 saturated heterocycles. The lowest BCUT2D eigenvalue weighted by atomic mass is 9.80. The summed E-state index contributed by atoms with van der Waals surface area (Å²) in [7, 11) is 0. The number of nitrogens with one attached hydrogen (secondary N) is 1. The number of rotatable bonds is 0. The Kier molecular flexibility index (Phi) is 4.50. The molecule has 1 N–H and O–H groups in total. The lowest BCUT2D eigenvalue weighted by molar-refractivity contribution is 0.102. The third-order valence-electron chi connectivity index (χ3n) is 5.68. The monoisotopic (exact) mass is 412 g/mol. The summed E-state index contributed by atoms with van der Waals surface area (Å²) in [6, 6.07) is 5.86. The summed E-state index contributed by atoms with van der Waals surface area (Å²) in [6.45, 7) is 0. The van der Waals surface area contributed by atoms with E-state index in [2.05, 4.69) is 15.3 Å². The summed E-state index contributed by atoms with van der Waals surface area (Å²) >= 11 is 1.12. The van der Waals surface area contributed by atoms with E-state index in [1.165, 1.54) is 12.1 Å². The van der Waals surface area contributed by atoms with Gasteiger partial charge in [-0.15, -0.1) is 11.3 Å². The van der Waals surface area contributed by atoms with E-state index in [9.17, 15) is 9.18 Å². The first-order valence-corrected chi connectivity index (χ1v) is 10.4. The Bertz CT molecular complexity index is 1090. The quantitative estimate of drug-likeness (QED) is 0.507. The molecule has 3 aromatic rings. The number of carbonyl (C=O) groups excluding carboxylic acids is 1.